The second kappa shape index (κ2) is 7.34. The van der Waals surface area contributed by atoms with Gasteiger partial charge in [-0.2, -0.15) is 0 Å². The lowest BCUT2D eigenvalue weighted by Gasteiger charge is -2.32. The summed E-state index contributed by atoms with van der Waals surface area (Å²) in [5.74, 6) is 0.666. The Labute approximate surface area is 135 Å². The topological polar surface area (TPSA) is 52.6 Å². The van der Waals surface area contributed by atoms with Crippen molar-refractivity contribution in [2.45, 2.75) is 26.3 Å². The summed E-state index contributed by atoms with van der Waals surface area (Å²) in [7, 11) is 0. The van der Waals surface area contributed by atoms with Crippen LogP contribution < -0.4 is 5.32 Å². The van der Waals surface area contributed by atoms with Gasteiger partial charge in [0.1, 0.15) is 5.75 Å². The third-order valence-electron chi connectivity index (χ3n) is 3.85. The SMILES string of the molecule is CC(=O)NCC1CCN(Cc2cc(Cl)cc(Cl)c2O)CC1. The minimum Gasteiger partial charge on any atom is -0.506 e. The Morgan fingerprint density at radius 1 is 1.38 bits per heavy atom. The Morgan fingerprint density at radius 3 is 2.67 bits per heavy atom. The van der Waals surface area contributed by atoms with Crippen LogP contribution in [0, 0.1) is 5.92 Å². The number of nitrogens with zero attached hydrogens (tertiary/aromatic N) is 1. The highest BCUT2D eigenvalue weighted by Crippen LogP contribution is 2.32. The first-order chi connectivity index (χ1) is 9.95. The van der Waals surface area contributed by atoms with Crippen molar-refractivity contribution in [2.75, 3.05) is 19.6 Å². The molecule has 1 saturated heterocycles. The zero-order valence-corrected chi connectivity index (χ0v) is 13.5. The lowest BCUT2D eigenvalue weighted by Crippen LogP contribution is -2.37. The van der Waals surface area contributed by atoms with E-state index in [9.17, 15) is 9.90 Å². The molecule has 116 valence electrons. The summed E-state index contributed by atoms with van der Waals surface area (Å²) in [6, 6.07) is 3.30. The van der Waals surface area contributed by atoms with Gasteiger partial charge in [-0.15, -0.1) is 0 Å². The van der Waals surface area contributed by atoms with Gasteiger partial charge in [0.2, 0.25) is 5.91 Å². The molecule has 1 aromatic carbocycles. The highest BCUT2D eigenvalue weighted by atomic mass is 35.5. The van der Waals surface area contributed by atoms with E-state index in [4.69, 9.17) is 23.2 Å². The summed E-state index contributed by atoms with van der Waals surface area (Å²) < 4.78 is 0. The summed E-state index contributed by atoms with van der Waals surface area (Å²) in [5, 5.41) is 13.7. The first-order valence-electron chi connectivity index (χ1n) is 7.09. The van der Waals surface area contributed by atoms with Crippen LogP contribution >= 0.6 is 23.2 Å². The van der Waals surface area contributed by atoms with Gasteiger partial charge in [0.05, 0.1) is 5.02 Å². The van der Waals surface area contributed by atoms with Crippen molar-refractivity contribution < 1.29 is 9.90 Å². The number of amides is 1. The molecule has 2 N–H and O–H groups in total. The van der Waals surface area contributed by atoms with E-state index in [2.05, 4.69) is 10.2 Å². The Balaban J connectivity index is 1.88. The zero-order valence-electron chi connectivity index (χ0n) is 12.0. The summed E-state index contributed by atoms with van der Waals surface area (Å²) in [6.07, 6.45) is 2.07. The van der Waals surface area contributed by atoms with Gasteiger partial charge in [-0.05, 0) is 44.0 Å². The van der Waals surface area contributed by atoms with Crippen molar-refractivity contribution in [3.63, 3.8) is 0 Å². The Bertz CT molecular complexity index is 515. The monoisotopic (exact) mass is 330 g/mol. The smallest absolute Gasteiger partial charge is 0.216 e. The van der Waals surface area contributed by atoms with Crippen molar-refractivity contribution in [3.8, 4) is 5.75 Å². The second-order valence-corrected chi connectivity index (χ2v) is 6.40. The van der Waals surface area contributed by atoms with E-state index in [-0.39, 0.29) is 16.7 Å². The number of carbonyl (C=O) groups excluding carboxylic acids is 1. The van der Waals surface area contributed by atoms with Gasteiger partial charge in [0.25, 0.3) is 0 Å². The van der Waals surface area contributed by atoms with E-state index in [0.717, 1.165) is 38.0 Å². The number of phenolic OH excluding ortho intramolecular Hbond substituents is 1. The second-order valence-electron chi connectivity index (χ2n) is 5.55. The molecule has 0 unspecified atom stereocenters. The molecule has 0 radical (unpaired) electrons. The highest BCUT2D eigenvalue weighted by molar-refractivity contribution is 6.35. The van der Waals surface area contributed by atoms with Crippen molar-refractivity contribution in [3.05, 3.63) is 27.7 Å². The Kier molecular flexibility index (Phi) is 5.73. The van der Waals surface area contributed by atoms with Crippen LogP contribution in [0.4, 0.5) is 0 Å². The van der Waals surface area contributed by atoms with Gasteiger partial charge in [-0.1, -0.05) is 23.2 Å². The lowest BCUT2D eigenvalue weighted by atomic mass is 9.96. The van der Waals surface area contributed by atoms with E-state index in [1.165, 1.54) is 0 Å². The van der Waals surface area contributed by atoms with Crippen LogP contribution in [0.5, 0.6) is 5.75 Å². The first kappa shape index (κ1) is 16.4. The molecule has 0 spiro atoms. The number of aromatic hydroxyl groups is 1. The average Bonchev–Trinajstić information content (AvgIpc) is 2.43. The zero-order chi connectivity index (χ0) is 15.4. The van der Waals surface area contributed by atoms with E-state index >= 15 is 0 Å². The van der Waals surface area contributed by atoms with Crippen LogP contribution in [0.2, 0.25) is 10.0 Å². The van der Waals surface area contributed by atoms with Crippen molar-refractivity contribution >= 4 is 29.1 Å². The molecule has 2 rings (SSSR count). The highest BCUT2D eigenvalue weighted by Gasteiger charge is 2.20. The number of nitrogens with one attached hydrogen (secondary N) is 1. The van der Waals surface area contributed by atoms with Crippen LogP contribution in [-0.4, -0.2) is 35.5 Å². The fourth-order valence-electron chi connectivity index (χ4n) is 2.62. The van der Waals surface area contributed by atoms with E-state index in [0.29, 0.717) is 17.5 Å². The number of carbonyl (C=O) groups is 1. The number of halogens is 2. The molecule has 1 amide bonds. The van der Waals surface area contributed by atoms with Crippen molar-refractivity contribution in [2.24, 2.45) is 5.92 Å². The Hall–Kier alpha value is -0.970. The molecule has 1 fully saturated rings. The summed E-state index contributed by atoms with van der Waals surface area (Å²) in [4.78, 5) is 13.2. The lowest BCUT2D eigenvalue weighted by molar-refractivity contribution is -0.119. The number of rotatable bonds is 4. The van der Waals surface area contributed by atoms with Gasteiger partial charge in [0, 0.05) is 30.6 Å². The molecule has 6 heteroatoms. The molecular weight excluding hydrogens is 311 g/mol. The van der Waals surface area contributed by atoms with Crippen LogP contribution in [0.15, 0.2) is 12.1 Å². The van der Waals surface area contributed by atoms with Crippen LogP contribution in [0.1, 0.15) is 25.3 Å². The average molecular weight is 331 g/mol. The molecule has 0 aliphatic carbocycles. The number of benzene rings is 1. The van der Waals surface area contributed by atoms with E-state index in [1.807, 2.05) is 0 Å². The molecule has 0 aromatic heterocycles. The molecule has 1 aliphatic heterocycles. The van der Waals surface area contributed by atoms with Crippen LogP contribution in [-0.2, 0) is 11.3 Å². The van der Waals surface area contributed by atoms with E-state index < -0.39 is 0 Å². The van der Waals surface area contributed by atoms with Gasteiger partial charge in [-0.3, -0.25) is 9.69 Å². The quantitative estimate of drug-likeness (QED) is 0.892. The van der Waals surface area contributed by atoms with E-state index in [1.54, 1.807) is 19.1 Å². The molecule has 0 atom stereocenters. The maximum absolute atomic E-state index is 10.9. The van der Waals surface area contributed by atoms with Gasteiger partial charge in [0.15, 0.2) is 0 Å². The number of hydrogen-bond donors (Lipinski definition) is 2. The number of phenols is 1. The maximum atomic E-state index is 10.9. The normalized spacial score (nSPS) is 16.9. The fourth-order valence-corrected chi connectivity index (χ4v) is 3.15. The van der Waals surface area contributed by atoms with Crippen LogP contribution in [0.3, 0.4) is 0 Å². The van der Waals surface area contributed by atoms with Crippen molar-refractivity contribution in [1.82, 2.24) is 10.2 Å². The van der Waals surface area contributed by atoms with Gasteiger partial charge in [-0.25, -0.2) is 0 Å². The molecule has 0 saturated carbocycles. The number of piperidine rings is 1. The third kappa shape index (κ3) is 4.77. The van der Waals surface area contributed by atoms with Gasteiger partial charge < -0.3 is 10.4 Å². The predicted molar refractivity (Wildman–Crippen MR) is 84.8 cm³/mol. The molecule has 1 heterocycles. The molecule has 1 aliphatic rings. The molecule has 0 bridgehead atoms. The van der Waals surface area contributed by atoms with Gasteiger partial charge >= 0.3 is 0 Å². The minimum absolute atomic E-state index is 0.0240. The fraction of sp³-hybridized carbons (Fsp3) is 0.533. The molecular formula is C15H20Cl2N2O2. The first-order valence-corrected chi connectivity index (χ1v) is 7.85. The summed E-state index contributed by atoms with van der Waals surface area (Å²) >= 11 is 11.9. The largest absolute Gasteiger partial charge is 0.506 e. The molecule has 21 heavy (non-hydrogen) atoms. The minimum atomic E-state index is 0.0240. The molecule has 1 aromatic rings. The standard InChI is InChI=1S/C15H20Cl2N2O2/c1-10(20)18-8-11-2-4-19(5-3-11)9-12-6-13(16)7-14(17)15(12)21/h6-7,11,21H,2-5,8-9H2,1H3,(H,18,20). The maximum Gasteiger partial charge on any atom is 0.216 e. The molecule has 4 nitrogen and oxygen atoms in total. The Morgan fingerprint density at radius 2 is 2.05 bits per heavy atom. The predicted octanol–water partition coefficient (Wildman–Crippen LogP) is 3.05. The summed E-state index contributed by atoms with van der Waals surface area (Å²) in [6.45, 7) is 4.80. The number of likely N-dealkylation sites (tertiary alicyclic amines) is 1. The van der Waals surface area contributed by atoms with Crippen molar-refractivity contribution in [1.29, 1.82) is 0 Å². The van der Waals surface area contributed by atoms with Crippen LogP contribution in [0.25, 0.3) is 0 Å². The third-order valence-corrected chi connectivity index (χ3v) is 4.35. The number of hydrogen-bond acceptors (Lipinski definition) is 3. The summed E-state index contributed by atoms with van der Waals surface area (Å²) in [5.41, 5.74) is 0.757.